The topological polar surface area (TPSA) is 60.7 Å². The highest BCUT2D eigenvalue weighted by atomic mass is 35.5. The van der Waals surface area contributed by atoms with Crippen molar-refractivity contribution in [3.8, 4) is 22.8 Å². The van der Waals surface area contributed by atoms with Crippen molar-refractivity contribution in [2.75, 3.05) is 19.5 Å². The van der Waals surface area contributed by atoms with Crippen molar-refractivity contribution in [1.29, 1.82) is 0 Å². The third-order valence-electron chi connectivity index (χ3n) is 5.10. The molecule has 0 fully saturated rings. The molecule has 2 heterocycles. The maximum absolute atomic E-state index is 5.47. The molecular formula is C24H27ClN4O2. The molecule has 0 bridgehead atoms. The Hall–Kier alpha value is -3.25. The molecule has 0 saturated heterocycles. The van der Waals surface area contributed by atoms with Crippen molar-refractivity contribution in [2.24, 2.45) is 0 Å². The number of nitrogens with zero attached hydrogens (tertiary/aromatic N) is 3. The number of methoxy groups -OCH3 is 2. The molecule has 162 valence electrons. The molecule has 0 unspecified atom stereocenters. The zero-order chi connectivity index (χ0) is 21.4. The zero-order valence-corrected chi connectivity index (χ0v) is 19.4. The van der Waals surface area contributed by atoms with E-state index in [-0.39, 0.29) is 12.4 Å². The van der Waals surface area contributed by atoms with Gasteiger partial charge in [0.05, 0.1) is 19.9 Å². The first-order valence-corrected chi connectivity index (χ1v) is 9.84. The molecule has 4 aromatic rings. The highest BCUT2D eigenvalue weighted by Crippen LogP contribution is 2.34. The lowest BCUT2D eigenvalue weighted by atomic mass is 10.1. The number of halogens is 1. The predicted molar refractivity (Wildman–Crippen MR) is 127 cm³/mol. The SMILES string of the molecule is COc1ccc(-c2nn3c(Nc4cc(C)cc(C)c4)cc(C)nc3c2C)cc1OC.Cl. The highest BCUT2D eigenvalue weighted by molar-refractivity contribution is 5.85. The van der Waals surface area contributed by atoms with Crippen molar-refractivity contribution in [2.45, 2.75) is 27.7 Å². The number of aryl methyl sites for hydroxylation is 4. The van der Waals surface area contributed by atoms with Crippen LogP contribution in [0.4, 0.5) is 11.5 Å². The van der Waals surface area contributed by atoms with Crippen molar-refractivity contribution in [1.82, 2.24) is 14.6 Å². The summed E-state index contributed by atoms with van der Waals surface area (Å²) in [5, 5.41) is 8.41. The summed E-state index contributed by atoms with van der Waals surface area (Å²) in [5.74, 6) is 2.23. The molecule has 0 amide bonds. The molecule has 4 rings (SSSR count). The molecule has 6 nitrogen and oxygen atoms in total. The van der Waals surface area contributed by atoms with E-state index in [1.807, 2.05) is 42.6 Å². The fraction of sp³-hybridized carbons (Fsp3) is 0.250. The fourth-order valence-corrected chi connectivity index (χ4v) is 3.79. The molecule has 0 aliphatic carbocycles. The van der Waals surface area contributed by atoms with Gasteiger partial charge in [0.15, 0.2) is 17.1 Å². The molecular weight excluding hydrogens is 412 g/mol. The summed E-state index contributed by atoms with van der Waals surface area (Å²) in [6.45, 7) is 8.23. The molecule has 0 aliphatic heterocycles. The molecule has 0 spiro atoms. The van der Waals surface area contributed by atoms with Crippen molar-refractivity contribution in [3.05, 3.63) is 64.8 Å². The molecule has 1 N–H and O–H groups in total. The van der Waals surface area contributed by atoms with Crippen LogP contribution in [0.25, 0.3) is 16.9 Å². The van der Waals surface area contributed by atoms with Crippen molar-refractivity contribution < 1.29 is 9.47 Å². The van der Waals surface area contributed by atoms with Crippen LogP contribution in [0.3, 0.4) is 0 Å². The Kier molecular flexibility index (Phi) is 6.41. The van der Waals surface area contributed by atoms with Crippen LogP contribution in [-0.4, -0.2) is 28.8 Å². The minimum atomic E-state index is 0. The van der Waals surface area contributed by atoms with Crippen LogP contribution < -0.4 is 14.8 Å². The molecule has 7 heteroatoms. The first-order chi connectivity index (χ1) is 14.4. The second-order valence-electron chi connectivity index (χ2n) is 7.56. The quantitative estimate of drug-likeness (QED) is 0.426. The van der Waals surface area contributed by atoms with E-state index in [2.05, 4.69) is 37.4 Å². The Bertz CT molecular complexity index is 1230. The summed E-state index contributed by atoms with van der Waals surface area (Å²) in [4.78, 5) is 4.74. The largest absolute Gasteiger partial charge is 0.493 e. The lowest BCUT2D eigenvalue weighted by Gasteiger charge is -2.11. The minimum Gasteiger partial charge on any atom is -0.493 e. The molecule has 0 saturated carbocycles. The summed E-state index contributed by atoms with van der Waals surface area (Å²) in [7, 11) is 3.26. The van der Waals surface area contributed by atoms with Gasteiger partial charge >= 0.3 is 0 Å². The van der Waals surface area contributed by atoms with E-state index in [0.717, 1.165) is 39.7 Å². The fourth-order valence-electron chi connectivity index (χ4n) is 3.79. The summed E-state index contributed by atoms with van der Waals surface area (Å²) in [5.41, 5.74) is 8.02. The summed E-state index contributed by atoms with van der Waals surface area (Å²) in [6.07, 6.45) is 0. The number of benzene rings is 2. The van der Waals surface area contributed by atoms with E-state index in [1.165, 1.54) is 11.1 Å². The van der Waals surface area contributed by atoms with Gasteiger partial charge in [-0.25, -0.2) is 4.98 Å². The third-order valence-corrected chi connectivity index (χ3v) is 5.10. The van der Waals surface area contributed by atoms with Crippen LogP contribution in [-0.2, 0) is 0 Å². The van der Waals surface area contributed by atoms with E-state index < -0.39 is 0 Å². The van der Waals surface area contributed by atoms with E-state index in [9.17, 15) is 0 Å². The number of rotatable bonds is 5. The van der Waals surface area contributed by atoms with Crippen molar-refractivity contribution in [3.63, 3.8) is 0 Å². The molecule has 31 heavy (non-hydrogen) atoms. The second kappa shape index (κ2) is 8.86. The van der Waals surface area contributed by atoms with Gasteiger partial charge < -0.3 is 14.8 Å². The normalized spacial score (nSPS) is 10.6. The molecule has 0 aliphatic rings. The average molecular weight is 439 g/mol. The monoisotopic (exact) mass is 438 g/mol. The number of ether oxygens (including phenoxy) is 2. The van der Waals surface area contributed by atoms with Crippen LogP contribution in [0.15, 0.2) is 42.5 Å². The minimum absolute atomic E-state index is 0. The van der Waals surface area contributed by atoms with Crippen LogP contribution in [0.5, 0.6) is 11.5 Å². The lowest BCUT2D eigenvalue weighted by Crippen LogP contribution is -2.03. The van der Waals surface area contributed by atoms with E-state index in [4.69, 9.17) is 19.6 Å². The van der Waals surface area contributed by atoms with Crippen LogP contribution in [0, 0.1) is 27.7 Å². The summed E-state index contributed by atoms with van der Waals surface area (Å²) in [6, 6.07) is 14.2. The first kappa shape index (κ1) is 22.4. The van der Waals surface area contributed by atoms with Crippen molar-refractivity contribution >= 4 is 29.6 Å². The van der Waals surface area contributed by atoms with Gasteiger partial charge in [-0.1, -0.05) is 6.07 Å². The Morgan fingerprint density at radius 1 is 0.839 bits per heavy atom. The van der Waals surface area contributed by atoms with Gasteiger partial charge in [0, 0.05) is 28.6 Å². The Morgan fingerprint density at radius 3 is 2.16 bits per heavy atom. The number of aromatic nitrogens is 3. The number of anilines is 2. The molecule has 0 atom stereocenters. The second-order valence-corrected chi connectivity index (χ2v) is 7.56. The van der Waals surface area contributed by atoms with Gasteiger partial charge in [-0.05, 0) is 69.2 Å². The zero-order valence-electron chi connectivity index (χ0n) is 18.6. The van der Waals surface area contributed by atoms with E-state index in [0.29, 0.717) is 11.5 Å². The summed E-state index contributed by atoms with van der Waals surface area (Å²) < 4.78 is 12.7. The van der Waals surface area contributed by atoms with Crippen LogP contribution in [0.2, 0.25) is 0 Å². The van der Waals surface area contributed by atoms with Gasteiger partial charge in [0.25, 0.3) is 0 Å². The van der Waals surface area contributed by atoms with E-state index >= 15 is 0 Å². The Labute approximate surface area is 188 Å². The molecule has 2 aromatic heterocycles. The number of hydrogen-bond acceptors (Lipinski definition) is 5. The van der Waals surface area contributed by atoms with E-state index in [1.54, 1.807) is 14.2 Å². The molecule has 0 radical (unpaired) electrons. The van der Waals surface area contributed by atoms with Crippen LogP contribution >= 0.6 is 12.4 Å². The maximum Gasteiger partial charge on any atom is 0.161 e. The molecule has 2 aromatic carbocycles. The highest BCUT2D eigenvalue weighted by Gasteiger charge is 2.17. The van der Waals surface area contributed by atoms with Gasteiger partial charge in [0.2, 0.25) is 0 Å². The van der Waals surface area contributed by atoms with Gasteiger partial charge in [-0.3, -0.25) is 0 Å². The Morgan fingerprint density at radius 2 is 1.52 bits per heavy atom. The van der Waals surface area contributed by atoms with Gasteiger partial charge in [-0.2, -0.15) is 9.61 Å². The standard InChI is InChI=1S/C24H26N4O2.ClH/c1-14-9-15(2)11-19(10-14)26-22-12-16(3)25-24-17(4)23(27-28(22)24)18-7-8-20(29-5)21(13-18)30-6;/h7-13,26H,1-6H3;1H. The average Bonchev–Trinajstić information content (AvgIpc) is 3.03. The van der Waals surface area contributed by atoms with Gasteiger partial charge in [0.1, 0.15) is 5.82 Å². The number of nitrogens with one attached hydrogen (secondary N) is 1. The smallest absolute Gasteiger partial charge is 0.161 e. The first-order valence-electron chi connectivity index (χ1n) is 9.84. The third kappa shape index (κ3) is 4.30. The van der Waals surface area contributed by atoms with Crippen LogP contribution in [0.1, 0.15) is 22.4 Å². The maximum atomic E-state index is 5.47. The predicted octanol–water partition coefficient (Wildman–Crippen LogP) is 5.81. The number of hydrogen-bond donors (Lipinski definition) is 1. The number of fused-ring (bicyclic) bond motifs is 1. The van der Waals surface area contributed by atoms with Gasteiger partial charge in [-0.15, -0.1) is 12.4 Å². The summed E-state index contributed by atoms with van der Waals surface area (Å²) >= 11 is 0. The Balaban J connectivity index is 0.00000272. The lowest BCUT2D eigenvalue weighted by molar-refractivity contribution is 0.355.